The van der Waals surface area contributed by atoms with E-state index in [1.54, 1.807) is 12.4 Å². The Labute approximate surface area is 111 Å². The third-order valence-corrected chi connectivity index (χ3v) is 4.07. The van der Waals surface area contributed by atoms with E-state index in [-0.39, 0.29) is 0 Å². The van der Waals surface area contributed by atoms with Crippen molar-refractivity contribution in [2.24, 2.45) is 0 Å². The van der Waals surface area contributed by atoms with Crippen LogP contribution in [0, 0.1) is 0 Å². The average molecular weight is 253 g/mol. The Morgan fingerprint density at radius 1 is 1.00 bits per heavy atom. The molecule has 1 saturated carbocycles. The molecule has 0 bridgehead atoms. The Bertz CT molecular complexity index is 586. The van der Waals surface area contributed by atoms with Crippen molar-refractivity contribution in [3.63, 3.8) is 0 Å². The molecule has 3 heteroatoms. The van der Waals surface area contributed by atoms with Gasteiger partial charge >= 0.3 is 5.97 Å². The van der Waals surface area contributed by atoms with Crippen LogP contribution in [0.1, 0.15) is 24.8 Å². The van der Waals surface area contributed by atoms with Crippen molar-refractivity contribution in [3.8, 4) is 11.1 Å². The molecule has 3 nitrogen and oxygen atoms in total. The highest BCUT2D eigenvalue weighted by Gasteiger charge is 2.45. The number of carbonyl (C=O) groups is 1. The molecule has 19 heavy (non-hydrogen) atoms. The van der Waals surface area contributed by atoms with Crippen LogP contribution in [0.3, 0.4) is 0 Å². The number of nitrogens with zero attached hydrogens (tertiary/aromatic N) is 1. The van der Waals surface area contributed by atoms with Gasteiger partial charge in [0.15, 0.2) is 0 Å². The first kappa shape index (κ1) is 11.9. The van der Waals surface area contributed by atoms with Gasteiger partial charge in [0, 0.05) is 12.4 Å². The molecule has 0 atom stereocenters. The van der Waals surface area contributed by atoms with Gasteiger partial charge in [-0.3, -0.25) is 9.78 Å². The Kier molecular flexibility index (Phi) is 2.82. The highest BCUT2D eigenvalue weighted by atomic mass is 16.4. The van der Waals surface area contributed by atoms with Crippen LogP contribution in [0.2, 0.25) is 0 Å². The molecule has 1 aromatic carbocycles. The highest BCUT2D eigenvalue weighted by Crippen LogP contribution is 2.44. The van der Waals surface area contributed by atoms with Crippen LogP contribution in [-0.4, -0.2) is 16.1 Å². The molecule has 96 valence electrons. The van der Waals surface area contributed by atoms with E-state index in [1.807, 2.05) is 36.4 Å². The second-order valence-electron chi connectivity index (χ2n) is 5.05. The number of pyridine rings is 1. The van der Waals surface area contributed by atoms with Crippen molar-refractivity contribution < 1.29 is 9.90 Å². The van der Waals surface area contributed by atoms with Gasteiger partial charge < -0.3 is 5.11 Å². The van der Waals surface area contributed by atoms with Crippen LogP contribution in [0.15, 0.2) is 48.8 Å². The third-order valence-electron chi connectivity index (χ3n) is 4.07. The predicted octanol–water partition coefficient (Wildman–Crippen LogP) is 3.25. The molecule has 0 unspecified atom stereocenters. The van der Waals surface area contributed by atoms with E-state index >= 15 is 0 Å². The van der Waals surface area contributed by atoms with Gasteiger partial charge in [0.25, 0.3) is 0 Å². The number of aliphatic carboxylic acids is 1. The monoisotopic (exact) mass is 253 g/mol. The molecule has 1 aromatic heterocycles. The summed E-state index contributed by atoms with van der Waals surface area (Å²) < 4.78 is 0. The quantitative estimate of drug-likeness (QED) is 0.913. The fourth-order valence-corrected chi connectivity index (χ4v) is 2.68. The first-order valence-electron chi connectivity index (χ1n) is 6.47. The summed E-state index contributed by atoms with van der Waals surface area (Å²) in [4.78, 5) is 15.4. The molecule has 2 aromatic rings. The van der Waals surface area contributed by atoms with Crippen LogP contribution in [0.4, 0.5) is 0 Å². The van der Waals surface area contributed by atoms with Crippen molar-refractivity contribution in [1.82, 2.24) is 4.98 Å². The fraction of sp³-hybridized carbons (Fsp3) is 0.250. The average Bonchev–Trinajstić information content (AvgIpc) is 2.39. The number of rotatable bonds is 3. The van der Waals surface area contributed by atoms with Crippen LogP contribution in [0.25, 0.3) is 11.1 Å². The van der Waals surface area contributed by atoms with Gasteiger partial charge in [0.2, 0.25) is 0 Å². The summed E-state index contributed by atoms with van der Waals surface area (Å²) in [5, 5.41) is 9.42. The molecule has 1 N–H and O–H groups in total. The minimum Gasteiger partial charge on any atom is -0.481 e. The minimum atomic E-state index is -0.699. The fourth-order valence-electron chi connectivity index (χ4n) is 2.68. The predicted molar refractivity (Wildman–Crippen MR) is 72.8 cm³/mol. The van der Waals surface area contributed by atoms with Gasteiger partial charge in [0.05, 0.1) is 5.41 Å². The largest absolute Gasteiger partial charge is 0.481 e. The maximum Gasteiger partial charge on any atom is 0.314 e. The minimum absolute atomic E-state index is 0.642. The molecule has 1 fully saturated rings. The van der Waals surface area contributed by atoms with Gasteiger partial charge in [-0.05, 0) is 41.7 Å². The number of benzene rings is 1. The summed E-state index contributed by atoms with van der Waals surface area (Å²) in [6.07, 6.45) is 6.01. The van der Waals surface area contributed by atoms with Crippen LogP contribution < -0.4 is 0 Å². The van der Waals surface area contributed by atoms with E-state index in [9.17, 15) is 9.90 Å². The second kappa shape index (κ2) is 4.50. The van der Waals surface area contributed by atoms with Crippen molar-refractivity contribution in [3.05, 3.63) is 54.4 Å². The Hall–Kier alpha value is -2.16. The lowest BCUT2D eigenvalue weighted by Gasteiger charge is -2.38. The van der Waals surface area contributed by atoms with E-state index in [1.165, 1.54) is 0 Å². The molecule has 0 spiro atoms. The van der Waals surface area contributed by atoms with E-state index in [2.05, 4.69) is 4.98 Å². The number of aromatic nitrogens is 1. The molecular formula is C16H15NO2. The molecule has 0 amide bonds. The summed E-state index contributed by atoms with van der Waals surface area (Å²) in [5.74, 6) is -0.699. The molecule has 1 aliphatic rings. The first-order chi connectivity index (χ1) is 9.22. The van der Waals surface area contributed by atoms with Crippen molar-refractivity contribution in [1.29, 1.82) is 0 Å². The lowest BCUT2D eigenvalue weighted by molar-refractivity contribution is -0.147. The maximum absolute atomic E-state index is 11.5. The molecule has 1 aliphatic carbocycles. The molecule has 0 radical (unpaired) electrons. The van der Waals surface area contributed by atoms with Gasteiger partial charge in [-0.2, -0.15) is 0 Å². The Morgan fingerprint density at radius 3 is 2.05 bits per heavy atom. The van der Waals surface area contributed by atoms with Gasteiger partial charge in [-0.25, -0.2) is 0 Å². The molecule has 1 heterocycles. The Morgan fingerprint density at radius 2 is 1.58 bits per heavy atom. The molecule has 0 aliphatic heterocycles. The van der Waals surface area contributed by atoms with Crippen LogP contribution in [0.5, 0.6) is 0 Å². The van der Waals surface area contributed by atoms with E-state index < -0.39 is 11.4 Å². The number of carboxylic acid groups (broad SMARTS) is 1. The van der Waals surface area contributed by atoms with Gasteiger partial charge in [0.1, 0.15) is 0 Å². The number of hydrogen-bond acceptors (Lipinski definition) is 2. The van der Waals surface area contributed by atoms with E-state index in [4.69, 9.17) is 0 Å². The third kappa shape index (κ3) is 1.91. The SMILES string of the molecule is O=C(O)C1(c2ccc(-c3ccncc3)cc2)CCC1. The zero-order valence-electron chi connectivity index (χ0n) is 10.5. The first-order valence-corrected chi connectivity index (χ1v) is 6.47. The maximum atomic E-state index is 11.5. The molecule has 0 saturated heterocycles. The highest BCUT2D eigenvalue weighted by molar-refractivity contribution is 5.83. The summed E-state index contributed by atoms with van der Waals surface area (Å²) in [6, 6.07) is 11.8. The van der Waals surface area contributed by atoms with Crippen molar-refractivity contribution in [2.75, 3.05) is 0 Å². The smallest absolute Gasteiger partial charge is 0.314 e. The summed E-state index contributed by atoms with van der Waals surface area (Å²) >= 11 is 0. The van der Waals surface area contributed by atoms with Gasteiger partial charge in [-0.15, -0.1) is 0 Å². The Balaban J connectivity index is 1.93. The number of hydrogen-bond donors (Lipinski definition) is 1. The van der Waals surface area contributed by atoms with Gasteiger partial charge in [-0.1, -0.05) is 30.7 Å². The standard InChI is InChI=1S/C16H15NO2/c18-15(19)16(8-1-9-16)14-4-2-12(3-5-14)13-6-10-17-11-7-13/h2-7,10-11H,1,8-9H2,(H,18,19). The van der Waals surface area contributed by atoms with Crippen molar-refractivity contribution >= 4 is 5.97 Å². The lowest BCUT2D eigenvalue weighted by Crippen LogP contribution is -2.42. The molecular weight excluding hydrogens is 238 g/mol. The lowest BCUT2D eigenvalue weighted by atomic mass is 9.64. The zero-order chi connectivity index (χ0) is 13.3. The normalized spacial score (nSPS) is 16.6. The van der Waals surface area contributed by atoms with Crippen molar-refractivity contribution in [2.45, 2.75) is 24.7 Å². The summed E-state index contributed by atoms with van der Waals surface area (Å²) in [5.41, 5.74) is 2.46. The van der Waals surface area contributed by atoms with Crippen LogP contribution in [-0.2, 0) is 10.2 Å². The molecule has 3 rings (SSSR count). The summed E-state index contributed by atoms with van der Waals surface area (Å²) in [6.45, 7) is 0. The topological polar surface area (TPSA) is 50.2 Å². The van der Waals surface area contributed by atoms with E-state index in [0.717, 1.165) is 36.0 Å². The van der Waals surface area contributed by atoms with E-state index in [0.29, 0.717) is 0 Å². The second-order valence-corrected chi connectivity index (χ2v) is 5.05. The number of carboxylic acids is 1. The summed E-state index contributed by atoms with van der Waals surface area (Å²) in [7, 11) is 0. The van der Waals surface area contributed by atoms with Crippen LogP contribution >= 0.6 is 0 Å². The zero-order valence-corrected chi connectivity index (χ0v) is 10.5.